The van der Waals surface area contributed by atoms with E-state index in [0.717, 1.165) is 0 Å². The maximum atomic E-state index is 10.4. The Morgan fingerprint density at radius 2 is 1.93 bits per heavy atom. The average Bonchev–Trinajstić information content (AvgIpc) is 2.13. The minimum atomic E-state index is -0.446. The molecule has 0 radical (unpaired) electrons. The molecule has 1 aromatic carbocycles. The lowest BCUT2D eigenvalue weighted by Crippen LogP contribution is -2.05. The number of benzene rings is 1. The van der Waals surface area contributed by atoms with Crippen molar-refractivity contribution >= 4 is 6.29 Å². The first-order valence-corrected chi connectivity index (χ1v) is 4.23. The van der Waals surface area contributed by atoms with Gasteiger partial charge in [-0.25, -0.2) is 0 Å². The van der Waals surface area contributed by atoms with E-state index in [1.54, 1.807) is 13.8 Å². The molecule has 4 nitrogen and oxygen atoms in total. The fourth-order valence-electron chi connectivity index (χ4n) is 1.02. The zero-order chi connectivity index (χ0) is 10.7. The number of carbonyl (C=O) groups is 1. The Morgan fingerprint density at radius 1 is 1.29 bits per heavy atom. The van der Waals surface area contributed by atoms with Gasteiger partial charge in [0.15, 0.2) is 17.8 Å². The standard InChI is InChI=1S/C10H12O4/c1-6(2)14-8-4-3-7(5-11)9(12)10(8)13/h3-6,12-13H,1-2H3. The van der Waals surface area contributed by atoms with E-state index >= 15 is 0 Å². The molecule has 0 spiro atoms. The summed E-state index contributed by atoms with van der Waals surface area (Å²) in [6, 6.07) is 2.83. The van der Waals surface area contributed by atoms with Gasteiger partial charge in [0, 0.05) is 0 Å². The van der Waals surface area contributed by atoms with Crippen LogP contribution in [0.2, 0.25) is 0 Å². The number of phenolic OH excluding ortho intramolecular Hbond substituents is 2. The van der Waals surface area contributed by atoms with Crippen LogP contribution < -0.4 is 4.74 Å². The number of aromatic hydroxyl groups is 2. The summed E-state index contributed by atoms with van der Waals surface area (Å²) in [5.41, 5.74) is 0.0404. The van der Waals surface area contributed by atoms with E-state index in [9.17, 15) is 15.0 Å². The molecule has 0 atom stereocenters. The largest absolute Gasteiger partial charge is 0.504 e. The van der Waals surface area contributed by atoms with Crippen molar-refractivity contribution in [1.29, 1.82) is 0 Å². The molecule has 1 aromatic rings. The summed E-state index contributed by atoms with van der Waals surface area (Å²) < 4.78 is 5.20. The van der Waals surface area contributed by atoms with Crippen molar-refractivity contribution in [3.63, 3.8) is 0 Å². The first-order valence-electron chi connectivity index (χ1n) is 4.23. The Kier molecular flexibility index (Phi) is 2.96. The van der Waals surface area contributed by atoms with Crippen molar-refractivity contribution in [3.8, 4) is 17.2 Å². The highest BCUT2D eigenvalue weighted by atomic mass is 16.5. The summed E-state index contributed by atoms with van der Waals surface area (Å²) in [6.45, 7) is 3.59. The maximum absolute atomic E-state index is 10.4. The number of hydrogen-bond acceptors (Lipinski definition) is 4. The molecule has 14 heavy (non-hydrogen) atoms. The number of aldehydes is 1. The van der Waals surface area contributed by atoms with E-state index in [-0.39, 0.29) is 17.4 Å². The van der Waals surface area contributed by atoms with Crippen molar-refractivity contribution in [1.82, 2.24) is 0 Å². The fraction of sp³-hybridized carbons (Fsp3) is 0.300. The van der Waals surface area contributed by atoms with E-state index < -0.39 is 11.5 Å². The molecule has 0 fully saturated rings. The van der Waals surface area contributed by atoms with Crippen molar-refractivity contribution in [2.75, 3.05) is 0 Å². The van der Waals surface area contributed by atoms with Gasteiger partial charge in [-0.05, 0) is 26.0 Å². The molecule has 0 saturated heterocycles. The van der Waals surface area contributed by atoms with Gasteiger partial charge in [-0.2, -0.15) is 0 Å². The van der Waals surface area contributed by atoms with Crippen molar-refractivity contribution < 1.29 is 19.7 Å². The summed E-state index contributed by atoms with van der Waals surface area (Å²) in [7, 11) is 0. The summed E-state index contributed by atoms with van der Waals surface area (Å²) in [4.78, 5) is 10.4. The Balaban J connectivity index is 3.10. The molecule has 0 saturated carbocycles. The predicted octanol–water partition coefficient (Wildman–Crippen LogP) is 1.70. The van der Waals surface area contributed by atoms with Crippen LogP contribution in [0.4, 0.5) is 0 Å². The third kappa shape index (κ3) is 1.96. The second-order valence-corrected chi connectivity index (χ2v) is 3.13. The highest BCUT2D eigenvalue weighted by Crippen LogP contribution is 2.37. The first kappa shape index (κ1) is 10.4. The highest BCUT2D eigenvalue weighted by Gasteiger charge is 2.12. The van der Waals surface area contributed by atoms with Gasteiger partial charge >= 0.3 is 0 Å². The third-order valence-electron chi connectivity index (χ3n) is 1.64. The van der Waals surface area contributed by atoms with E-state index in [2.05, 4.69) is 0 Å². The zero-order valence-electron chi connectivity index (χ0n) is 8.02. The summed E-state index contributed by atoms with van der Waals surface area (Å²) in [5, 5.41) is 18.8. The van der Waals surface area contributed by atoms with Crippen molar-refractivity contribution in [2.45, 2.75) is 20.0 Å². The van der Waals surface area contributed by atoms with Gasteiger partial charge in [0.1, 0.15) is 0 Å². The number of ether oxygens (including phenoxy) is 1. The van der Waals surface area contributed by atoms with E-state index in [0.29, 0.717) is 6.29 Å². The molecule has 76 valence electrons. The lowest BCUT2D eigenvalue weighted by molar-refractivity contribution is 0.112. The van der Waals surface area contributed by atoms with Crippen LogP contribution in [0, 0.1) is 0 Å². The van der Waals surface area contributed by atoms with Gasteiger partial charge in [-0.1, -0.05) is 0 Å². The first-order chi connectivity index (χ1) is 6.56. The fourth-order valence-corrected chi connectivity index (χ4v) is 1.02. The van der Waals surface area contributed by atoms with Gasteiger partial charge < -0.3 is 14.9 Å². The molecule has 0 amide bonds. The third-order valence-corrected chi connectivity index (χ3v) is 1.64. The lowest BCUT2D eigenvalue weighted by Gasteiger charge is -2.12. The smallest absolute Gasteiger partial charge is 0.201 e. The SMILES string of the molecule is CC(C)Oc1ccc(C=O)c(O)c1O. The molecule has 0 unspecified atom stereocenters. The Labute approximate surface area is 81.8 Å². The highest BCUT2D eigenvalue weighted by molar-refractivity contribution is 5.81. The Morgan fingerprint density at radius 3 is 2.43 bits per heavy atom. The second-order valence-electron chi connectivity index (χ2n) is 3.13. The van der Waals surface area contributed by atoms with Crippen molar-refractivity contribution in [2.24, 2.45) is 0 Å². The topological polar surface area (TPSA) is 66.8 Å². The van der Waals surface area contributed by atoms with Crippen LogP contribution >= 0.6 is 0 Å². The van der Waals surface area contributed by atoms with Crippen LogP contribution in [-0.4, -0.2) is 22.6 Å². The van der Waals surface area contributed by atoms with E-state index in [1.807, 2.05) is 0 Å². The molecule has 0 aliphatic rings. The number of carbonyl (C=O) groups excluding carboxylic acids is 1. The van der Waals surface area contributed by atoms with Gasteiger partial charge in [0.25, 0.3) is 0 Å². The minimum Gasteiger partial charge on any atom is -0.504 e. The number of rotatable bonds is 3. The van der Waals surface area contributed by atoms with E-state index in [1.165, 1.54) is 12.1 Å². The van der Waals surface area contributed by atoms with Crippen molar-refractivity contribution in [3.05, 3.63) is 17.7 Å². The molecule has 1 rings (SSSR count). The molecule has 0 aliphatic carbocycles. The van der Waals surface area contributed by atoms with Crippen LogP contribution in [0.25, 0.3) is 0 Å². The molecule has 2 N–H and O–H groups in total. The lowest BCUT2D eigenvalue weighted by atomic mass is 10.2. The van der Waals surface area contributed by atoms with Crippen LogP contribution in [0.5, 0.6) is 17.2 Å². The van der Waals surface area contributed by atoms with Crippen LogP contribution in [0.15, 0.2) is 12.1 Å². The zero-order valence-corrected chi connectivity index (χ0v) is 8.02. The van der Waals surface area contributed by atoms with Crippen LogP contribution in [0.1, 0.15) is 24.2 Å². The van der Waals surface area contributed by atoms with Gasteiger partial charge in [-0.3, -0.25) is 4.79 Å². The van der Waals surface area contributed by atoms with Gasteiger partial charge in [-0.15, -0.1) is 0 Å². The summed E-state index contributed by atoms with van der Waals surface area (Å²) in [6.07, 6.45) is 0.358. The second kappa shape index (κ2) is 4.00. The van der Waals surface area contributed by atoms with E-state index in [4.69, 9.17) is 4.74 Å². The normalized spacial score (nSPS) is 10.2. The molecule has 0 aromatic heterocycles. The summed E-state index contributed by atoms with van der Waals surface area (Å²) in [5.74, 6) is -0.676. The predicted molar refractivity (Wildman–Crippen MR) is 50.9 cm³/mol. The number of hydrogen-bond donors (Lipinski definition) is 2. The Hall–Kier alpha value is -1.71. The molecule has 0 aliphatic heterocycles. The quantitative estimate of drug-likeness (QED) is 0.570. The molecule has 4 heteroatoms. The average molecular weight is 196 g/mol. The molecule has 0 heterocycles. The van der Waals surface area contributed by atoms with Gasteiger partial charge in [0.2, 0.25) is 5.75 Å². The minimum absolute atomic E-state index is 0.0404. The number of phenols is 2. The molecule has 0 bridgehead atoms. The van der Waals surface area contributed by atoms with Crippen LogP contribution in [-0.2, 0) is 0 Å². The molecular weight excluding hydrogens is 184 g/mol. The summed E-state index contributed by atoms with van der Waals surface area (Å²) >= 11 is 0. The monoisotopic (exact) mass is 196 g/mol. The molecular formula is C10H12O4. The maximum Gasteiger partial charge on any atom is 0.201 e. The van der Waals surface area contributed by atoms with Crippen LogP contribution in [0.3, 0.4) is 0 Å². The van der Waals surface area contributed by atoms with Gasteiger partial charge in [0.05, 0.1) is 11.7 Å². The Bertz CT molecular complexity index is 344.